The van der Waals surface area contributed by atoms with E-state index < -0.39 is 0 Å². The first-order valence-electron chi connectivity index (χ1n) is 10.4. The van der Waals surface area contributed by atoms with E-state index in [2.05, 4.69) is 12.1 Å². The molecular weight excluding hydrogens is 366 g/mol. The molecule has 0 N–H and O–H groups in total. The second kappa shape index (κ2) is 8.46. The van der Waals surface area contributed by atoms with Crippen molar-refractivity contribution in [3.8, 4) is 5.75 Å². The number of benzene rings is 2. The molecule has 4 rings (SSSR count). The number of nitrogens with zero attached hydrogens (tertiary/aromatic N) is 1. The Balaban J connectivity index is 1.46. The van der Waals surface area contributed by atoms with Crippen molar-refractivity contribution in [3.63, 3.8) is 0 Å². The topological polar surface area (TPSA) is 51.3 Å². The van der Waals surface area contributed by atoms with Crippen LogP contribution < -0.4 is 4.74 Å². The Morgan fingerprint density at radius 1 is 1.17 bits per heavy atom. The van der Waals surface area contributed by atoms with Crippen molar-refractivity contribution in [3.05, 3.63) is 65.7 Å². The summed E-state index contributed by atoms with van der Waals surface area (Å²) >= 11 is 0. The first kappa shape index (κ1) is 19.8. The van der Waals surface area contributed by atoms with Crippen LogP contribution in [0.1, 0.15) is 42.7 Å². The standard InChI is InChI=1S/C24H29NO4/c1-25(23(26)28-17-18-8-4-3-5-9-18)16-21(19-11-13-20(27-2)14-12-19)24-15-7-6-10-22(24)29-24/h3-5,8-9,11-14,21-22H,6-7,10,15-17H2,1-2H3/t21-,22?,24?/m0/s1. The molecule has 0 bridgehead atoms. The van der Waals surface area contributed by atoms with Crippen LogP contribution in [0.25, 0.3) is 0 Å². The van der Waals surface area contributed by atoms with Crippen LogP contribution >= 0.6 is 0 Å². The molecule has 1 aliphatic heterocycles. The molecule has 2 aromatic rings. The number of fused-ring (bicyclic) bond motifs is 1. The molecule has 154 valence electrons. The number of epoxide rings is 1. The minimum atomic E-state index is -0.309. The highest BCUT2D eigenvalue weighted by Crippen LogP contribution is 2.56. The summed E-state index contributed by atoms with van der Waals surface area (Å²) in [5.74, 6) is 0.950. The van der Waals surface area contributed by atoms with Gasteiger partial charge in [0.25, 0.3) is 0 Å². The average Bonchev–Trinajstić information content (AvgIpc) is 3.52. The van der Waals surface area contributed by atoms with Crippen LogP contribution in [-0.4, -0.2) is 43.4 Å². The Bertz CT molecular complexity index is 823. The van der Waals surface area contributed by atoms with Gasteiger partial charge in [0, 0.05) is 19.5 Å². The lowest BCUT2D eigenvalue weighted by Gasteiger charge is -2.31. The lowest BCUT2D eigenvalue weighted by atomic mass is 9.76. The Kier molecular flexibility index (Phi) is 5.76. The number of hydrogen-bond donors (Lipinski definition) is 0. The Hall–Kier alpha value is -2.53. The first-order chi connectivity index (χ1) is 14.1. The van der Waals surface area contributed by atoms with Crippen molar-refractivity contribution in [2.24, 2.45) is 0 Å². The molecule has 0 radical (unpaired) electrons. The van der Waals surface area contributed by atoms with Crippen molar-refractivity contribution in [2.75, 3.05) is 20.7 Å². The highest BCUT2D eigenvalue weighted by Gasteiger charge is 2.62. The predicted molar refractivity (Wildman–Crippen MR) is 111 cm³/mol. The average molecular weight is 395 g/mol. The molecule has 1 saturated heterocycles. The number of rotatable bonds is 7. The van der Waals surface area contributed by atoms with Gasteiger partial charge in [-0.3, -0.25) is 0 Å². The van der Waals surface area contributed by atoms with E-state index in [-0.39, 0.29) is 24.2 Å². The summed E-state index contributed by atoms with van der Waals surface area (Å²) in [5, 5.41) is 0. The van der Waals surface area contributed by atoms with Crippen molar-refractivity contribution >= 4 is 6.09 Å². The third-order valence-electron chi connectivity index (χ3n) is 6.21. The zero-order valence-corrected chi connectivity index (χ0v) is 17.2. The molecule has 1 heterocycles. The van der Waals surface area contributed by atoms with Crippen LogP contribution in [0.4, 0.5) is 4.79 Å². The lowest BCUT2D eigenvalue weighted by Crippen LogP contribution is -2.39. The van der Waals surface area contributed by atoms with Crippen LogP contribution in [0, 0.1) is 0 Å². The lowest BCUT2D eigenvalue weighted by molar-refractivity contribution is 0.0973. The molecule has 0 spiro atoms. The molecule has 1 saturated carbocycles. The van der Waals surface area contributed by atoms with Gasteiger partial charge in [-0.05, 0) is 36.1 Å². The van der Waals surface area contributed by atoms with E-state index in [1.807, 2.05) is 42.5 Å². The van der Waals surface area contributed by atoms with E-state index >= 15 is 0 Å². The third kappa shape index (κ3) is 4.25. The molecule has 2 aliphatic rings. The van der Waals surface area contributed by atoms with Crippen molar-refractivity contribution in [1.82, 2.24) is 4.90 Å². The smallest absolute Gasteiger partial charge is 0.409 e. The maximum Gasteiger partial charge on any atom is 0.409 e. The summed E-state index contributed by atoms with van der Waals surface area (Å²) in [5.41, 5.74) is 2.01. The third-order valence-corrected chi connectivity index (χ3v) is 6.21. The van der Waals surface area contributed by atoms with E-state index in [9.17, 15) is 4.79 Å². The summed E-state index contributed by atoms with van der Waals surface area (Å²) in [4.78, 5) is 14.3. The van der Waals surface area contributed by atoms with Gasteiger partial charge in [0.1, 0.15) is 18.0 Å². The van der Waals surface area contributed by atoms with Gasteiger partial charge in [0.05, 0.1) is 13.2 Å². The summed E-state index contributed by atoms with van der Waals surface area (Å²) in [6.45, 7) is 0.845. The predicted octanol–water partition coefficient (Wildman–Crippen LogP) is 4.76. The summed E-state index contributed by atoms with van der Waals surface area (Å²) < 4.78 is 17.1. The molecule has 3 atom stereocenters. The van der Waals surface area contributed by atoms with Crippen molar-refractivity contribution < 1.29 is 19.0 Å². The summed E-state index contributed by atoms with van der Waals surface area (Å²) in [6.07, 6.45) is 4.53. The minimum absolute atomic E-state index is 0.119. The van der Waals surface area contributed by atoms with Gasteiger partial charge in [0.15, 0.2) is 0 Å². The van der Waals surface area contributed by atoms with Crippen LogP contribution in [-0.2, 0) is 16.1 Å². The van der Waals surface area contributed by atoms with Gasteiger partial charge in [-0.1, -0.05) is 55.3 Å². The molecule has 2 fully saturated rings. The Morgan fingerprint density at radius 3 is 2.62 bits per heavy atom. The first-order valence-corrected chi connectivity index (χ1v) is 10.4. The molecular formula is C24H29NO4. The van der Waals surface area contributed by atoms with Crippen molar-refractivity contribution in [2.45, 2.75) is 49.9 Å². The Labute approximate surface area is 172 Å². The van der Waals surface area contributed by atoms with Crippen LogP contribution in [0.15, 0.2) is 54.6 Å². The van der Waals surface area contributed by atoms with Gasteiger partial charge in [-0.25, -0.2) is 4.79 Å². The molecule has 1 aliphatic carbocycles. The number of ether oxygens (including phenoxy) is 3. The number of carbonyl (C=O) groups is 1. The van der Waals surface area contributed by atoms with Gasteiger partial charge in [-0.2, -0.15) is 0 Å². The van der Waals surface area contributed by atoms with Crippen LogP contribution in [0.5, 0.6) is 5.75 Å². The summed E-state index contributed by atoms with van der Waals surface area (Å²) in [7, 11) is 3.48. The molecule has 2 aromatic carbocycles. The van der Waals surface area contributed by atoms with E-state index in [0.29, 0.717) is 12.6 Å². The van der Waals surface area contributed by atoms with Crippen LogP contribution in [0.2, 0.25) is 0 Å². The Morgan fingerprint density at radius 2 is 1.93 bits per heavy atom. The van der Waals surface area contributed by atoms with Gasteiger partial charge >= 0.3 is 6.09 Å². The highest BCUT2D eigenvalue weighted by molar-refractivity contribution is 5.67. The van der Waals surface area contributed by atoms with E-state index in [4.69, 9.17) is 14.2 Å². The maximum absolute atomic E-state index is 12.6. The second-order valence-corrected chi connectivity index (χ2v) is 8.05. The number of likely N-dealkylation sites (N-methyl/N-ethyl adjacent to an activating group) is 1. The summed E-state index contributed by atoms with van der Waals surface area (Å²) in [6, 6.07) is 17.9. The zero-order valence-electron chi connectivity index (χ0n) is 17.2. The number of amides is 1. The largest absolute Gasteiger partial charge is 0.497 e. The molecule has 0 aromatic heterocycles. The second-order valence-electron chi connectivity index (χ2n) is 8.05. The fraction of sp³-hybridized carbons (Fsp3) is 0.458. The monoisotopic (exact) mass is 395 g/mol. The van der Waals surface area contributed by atoms with Gasteiger partial charge in [-0.15, -0.1) is 0 Å². The maximum atomic E-state index is 12.6. The fourth-order valence-electron chi connectivity index (χ4n) is 4.52. The van der Waals surface area contributed by atoms with Gasteiger partial charge < -0.3 is 19.1 Å². The van der Waals surface area contributed by atoms with Gasteiger partial charge in [0.2, 0.25) is 0 Å². The van der Waals surface area contributed by atoms with E-state index in [1.165, 1.54) is 18.4 Å². The van der Waals surface area contributed by atoms with E-state index in [0.717, 1.165) is 24.2 Å². The fourth-order valence-corrected chi connectivity index (χ4v) is 4.52. The number of hydrogen-bond acceptors (Lipinski definition) is 4. The van der Waals surface area contributed by atoms with Crippen LogP contribution in [0.3, 0.4) is 0 Å². The number of methoxy groups -OCH3 is 1. The quantitative estimate of drug-likeness (QED) is 0.635. The molecule has 5 nitrogen and oxygen atoms in total. The molecule has 5 heteroatoms. The molecule has 29 heavy (non-hydrogen) atoms. The van der Waals surface area contributed by atoms with Crippen molar-refractivity contribution in [1.29, 1.82) is 0 Å². The highest BCUT2D eigenvalue weighted by atomic mass is 16.6. The SMILES string of the molecule is COc1ccc([C@H](CN(C)C(=O)OCc2ccccc2)C23CCCCC2O3)cc1. The zero-order chi connectivity index (χ0) is 20.3. The normalized spacial score (nSPS) is 23.6. The minimum Gasteiger partial charge on any atom is -0.497 e. The molecule has 1 amide bonds. The number of carbonyl (C=O) groups excluding carboxylic acids is 1. The van der Waals surface area contributed by atoms with E-state index in [1.54, 1.807) is 19.1 Å². The molecule has 2 unspecified atom stereocenters.